The molecular formula is C11H25N5O2S. The summed E-state index contributed by atoms with van der Waals surface area (Å²) >= 11 is 0. The van der Waals surface area contributed by atoms with Crippen LogP contribution in [0.25, 0.3) is 0 Å². The van der Waals surface area contributed by atoms with Crippen LogP contribution in [0.5, 0.6) is 0 Å². The quantitative estimate of drug-likeness (QED) is 0.315. The molecule has 1 unspecified atom stereocenters. The predicted molar refractivity (Wildman–Crippen MR) is 77.6 cm³/mol. The van der Waals surface area contributed by atoms with E-state index in [4.69, 9.17) is 5.73 Å². The first kappa shape index (κ1) is 16.2. The van der Waals surface area contributed by atoms with Crippen molar-refractivity contribution in [2.24, 2.45) is 10.7 Å². The van der Waals surface area contributed by atoms with Crippen LogP contribution in [0.4, 0.5) is 0 Å². The summed E-state index contributed by atoms with van der Waals surface area (Å²) in [5, 5.41) is 2.89. The van der Waals surface area contributed by atoms with Crippen LogP contribution in [0.1, 0.15) is 19.8 Å². The molecule has 19 heavy (non-hydrogen) atoms. The van der Waals surface area contributed by atoms with Crippen LogP contribution in [0, 0.1) is 0 Å². The van der Waals surface area contributed by atoms with E-state index in [2.05, 4.69) is 26.9 Å². The molecule has 0 radical (unpaired) electrons. The van der Waals surface area contributed by atoms with Gasteiger partial charge in [0.2, 0.25) is 10.0 Å². The Morgan fingerprint density at radius 3 is 2.84 bits per heavy atom. The molecule has 0 amide bonds. The van der Waals surface area contributed by atoms with Gasteiger partial charge in [0.15, 0.2) is 5.96 Å². The molecule has 8 heteroatoms. The zero-order chi connectivity index (χ0) is 14.3. The van der Waals surface area contributed by atoms with Gasteiger partial charge >= 0.3 is 0 Å². The minimum atomic E-state index is -3.14. The van der Waals surface area contributed by atoms with E-state index in [0.717, 1.165) is 19.3 Å². The highest BCUT2D eigenvalue weighted by molar-refractivity contribution is 7.88. The summed E-state index contributed by atoms with van der Waals surface area (Å²) in [6.07, 6.45) is 3.52. The number of nitrogens with one attached hydrogen (secondary N) is 2. The molecule has 0 aromatic heterocycles. The smallest absolute Gasteiger partial charge is 0.208 e. The second-order valence-electron chi connectivity index (χ2n) is 4.74. The molecule has 0 aliphatic carbocycles. The Bertz CT molecular complexity index is 396. The topological polar surface area (TPSA) is 99.8 Å². The van der Waals surface area contributed by atoms with Crippen LogP contribution >= 0.6 is 0 Å². The molecule has 1 rings (SSSR count). The van der Waals surface area contributed by atoms with Gasteiger partial charge in [-0.25, -0.2) is 13.1 Å². The van der Waals surface area contributed by atoms with Crippen molar-refractivity contribution in [3.63, 3.8) is 0 Å². The van der Waals surface area contributed by atoms with Crippen molar-refractivity contribution in [2.75, 3.05) is 39.0 Å². The minimum Gasteiger partial charge on any atom is -0.370 e. The predicted octanol–water partition coefficient (Wildman–Crippen LogP) is -1.08. The van der Waals surface area contributed by atoms with E-state index in [1.165, 1.54) is 12.8 Å². The zero-order valence-corrected chi connectivity index (χ0v) is 12.5. The van der Waals surface area contributed by atoms with Gasteiger partial charge in [0.25, 0.3) is 0 Å². The normalized spacial score (nSPS) is 21.8. The molecule has 0 aromatic rings. The molecule has 1 atom stereocenters. The second kappa shape index (κ2) is 7.66. The minimum absolute atomic E-state index is 0.305. The summed E-state index contributed by atoms with van der Waals surface area (Å²) in [5.41, 5.74) is 5.73. The van der Waals surface area contributed by atoms with Gasteiger partial charge in [-0.05, 0) is 25.9 Å². The van der Waals surface area contributed by atoms with Crippen molar-refractivity contribution >= 4 is 16.0 Å². The van der Waals surface area contributed by atoms with E-state index in [-0.39, 0.29) is 0 Å². The Hall–Kier alpha value is -0.860. The Balaban J connectivity index is 2.22. The number of nitrogens with two attached hydrogens (primary N) is 1. The van der Waals surface area contributed by atoms with Gasteiger partial charge in [0.1, 0.15) is 0 Å². The first-order valence-corrected chi connectivity index (χ1v) is 8.54. The molecule has 0 spiro atoms. The number of likely N-dealkylation sites (N-methyl/N-ethyl adjacent to an activating group) is 1. The number of aliphatic imine (C=N–C) groups is 1. The van der Waals surface area contributed by atoms with E-state index in [0.29, 0.717) is 31.6 Å². The first-order valence-electron chi connectivity index (χ1n) is 6.65. The third-order valence-corrected chi connectivity index (χ3v) is 3.90. The third-order valence-electron chi connectivity index (χ3n) is 3.17. The van der Waals surface area contributed by atoms with Crippen LogP contribution in [0.2, 0.25) is 0 Å². The molecule has 1 saturated heterocycles. The average Bonchev–Trinajstić information content (AvgIpc) is 2.78. The molecule has 1 heterocycles. The van der Waals surface area contributed by atoms with Gasteiger partial charge in [0, 0.05) is 19.1 Å². The van der Waals surface area contributed by atoms with Crippen LogP contribution in [0.15, 0.2) is 4.99 Å². The first-order chi connectivity index (χ1) is 8.92. The Kier molecular flexibility index (Phi) is 6.53. The van der Waals surface area contributed by atoms with E-state index in [1.54, 1.807) is 0 Å². The van der Waals surface area contributed by atoms with Crippen molar-refractivity contribution < 1.29 is 8.42 Å². The second-order valence-corrected chi connectivity index (χ2v) is 6.58. The molecule has 1 fully saturated rings. The summed E-state index contributed by atoms with van der Waals surface area (Å²) in [4.78, 5) is 6.71. The van der Waals surface area contributed by atoms with Gasteiger partial charge in [-0.1, -0.05) is 6.92 Å². The largest absolute Gasteiger partial charge is 0.370 e. The molecule has 0 bridgehead atoms. The van der Waals surface area contributed by atoms with Crippen molar-refractivity contribution in [1.82, 2.24) is 14.9 Å². The van der Waals surface area contributed by atoms with Crippen molar-refractivity contribution in [3.05, 3.63) is 0 Å². The number of nitrogens with zero attached hydrogens (tertiary/aromatic N) is 2. The number of hydrogen-bond acceptors (Lipinski definition) is 4. The maximum absolute atomic E-state index is 10.8. The molecule has 4 N–H and O–H groups in total. The highest BCUT2D eigenvalue weighted by atomic mass is 32.2. The standard InChI is InChI=1S/C11H25N5O2S/c1-3-16-8-4-5-10(16)9-14-11(12)13-6-7-15-19(2,17)18/h10,15H,3-9H2,1-2H3,(H3,12,13,14). The van der Waals surface area contributed by atoms with Gasteiger partial charge in [-0.3, -0.25) is 9.89 Å². The average molecular weight is 291 g/mol. The number of likely N-dealkylation sites (tertiary alicyclic amines) is 1. The molecule has 1 aliphatic rings. The lowest BCUT2D eigenvalue weighted by Crippen LogP contribution is -2.39. The number of guanidine groups is 1. The fourth-order valence-electron chi connectivity index (χ4n) is 2.20. The monoisotopic (exact) mass is 291 g/mol. The highest BCUT2D eigenvalue weighted by Crippen LogP contribution is 2.16. The van der Waals surface area contributed by atoms with E-state index in [9.17, 15) is 8.42 Å². The molecular weight excluding hydrogens is 266 g/mol. The van der Waals surface area contributed by atoms with Crippen LogP contribution < -0.4 is 15.8 Å². The lowest BCUT2D eigenvalue weighted by Gasteiger charge is -2.20. The molecule has 1 aliphatic heterocycles. The van der Waals surface area contributed by atoms with Crippen molar-refractivity contribution in [3.8, 4) is 0 Å². The summed E-state index contributed by atoms with van der Waals surface area (Å²) in [5.74, 6) is 0.373. The molecule has 7 nitrogen and oxygen atoms in total. The van der Waals surface area contributed by atoms with Crippen molar-refractivity contribution in [1.29, 1.82) is 0 Å². The molecule has 0 aromatic carbocycles. The van der Waals surface area contributed by atoms with Gasteiger partial charge in [-0.2, -0.15) is 0 Å². The summed E-state index contributed by atoms with van der Waals surface area (Å²) in [6, 6.07) is 0.486. The highest BCUT2D eigenvalue weighted by Gasteiger charge is 2.22. The molecule has 112 valence electrons. The SMILES string of the molecule is CCN1CCCC1CN=C(N)NCCNS(C)(=O)=O. The van der Waals surface area contributed by atoms with Gasteiger partial charge in [-0.15, -0.1) is 0 Å². The Morgan fingerprint density at radius 2 is 2.21 bits per heavy atom. The lowest BCUT2D eigenvalue weighted by molar-refractivity contribution is 0.273. The van der Waals surface area contributed by atoms with E-state index < -0.39 is 10.0 Å². The molecule has 0 saturated carbocycles. The van der Waals surface area contributed by atoms with Crippen LogP contribution in [0.3, 0.4) is 0 Å². The van der Waals surface area contributed by atoms with Crippen LogP contribution in [-0.2, 0) is 10.0 Å². The third kappa shape index (κ3) is 6.74. The van der Waals surface area contributed by atoms with Crippen LogP contribution in [-0.4, -0.2) is 64.3 Å². The maximum Gasteiger partial charge on any atom is 0.208 e. The van der Waals surface area contributed by atoms with Crippen molar-refractivity contribution in [2.45, 2.75) is 25.8 Å². The fraction of sp³-hybridized carbons (Fsp3) is 0.909. The fourth-order valence-corrected chi connectivity index (χ4v) is 2.68. The maximum atomic E-state index is 10.8. The summed E-state index contributed by atoms with van der Waals surface area (Å²) in [7, 11) is -3.14. The van der Waals surface area contributed by atoms with Gasteiger partial charge < -0.3 is 11.1 Å². The van der Waals surface area contributed by atoms with E-state index >= 15 is 0 Å². The Labute approximate surface area is 115 Å². The summed E-state index contributed by atoms with van der Waals surface area (Å²) in [6.45, 7) is 5.78. The number of sulfonamides is 1. The zero-order valence-electron chi connectivity index (χ0n) is 11.7. The lowest BCUT2D eigenvalue weighted by atomic mass is 10.2. The number of hydrogen-bond donors (Lipinski definition) is 3. The van der Waals surface area contributed by atoms with Gasteiger partial charge in [0.05, 0.1) is 12.8 Å². The summed E-state index contributed by atoms with van der Waals surface area (Å²) < 4.78 is 24.1. The Morgan fingerprint density at radius 1 is 1.47 bits per heavy atom. The van der Waals surface area contributed by atoms with E-state index in [1.807, 2.05) is 0 Å². The number of rotatable bonds is 7.